The highest BCUT2D eigenvalue weighted by atomic mass is 16.5. The summed E-state index contributed by atoms with van der Waals surface area (Å²) in [7, 11) is 0. The van der Waals surface area contributed by atoms with Gasteiger partial charge in [-0.05, 0) is 18.1 Å². The number of fused-ring (bicyclic) bond motifs is 1. The summed E-state index contributed by atoms with van der Waals surface area (Å²) in [5, 5.41) is 5.29. The van der Waals surface area contributed by atoms with Crippen LogP contribution in [0.25, 0.3) is 0 Å². The summed E-state index contributed by atoms with van der Waals surface area (Å²) < 4.78 is 5.28. The molecule has 3 rings (SSSR count). The molecule has 102 valence electrons. The van der Waals surface area contributed by atoms with Gasteiger partial charge < -0.3 is 10.1 Å². The highest BCUT2D eigenvalue weighted by molar-refractivity contribution is 5.85. The van der Waals surface area contributed by atoms with Gasteiger partial charge in [0.1, 0.15) is 0 Å². The van der Waals surface area contributed by atoms with Gasteiger partial charge in [0.2, 0.25) is 5.91 Å². The zero-order valence-corrected chi connectivity index (χ0v) is 10.9. The van der Waals surface area contributed by atoms with Crippen LogP contribution >= 0.6 is 0 Å². The number of para-hydroxylation sites is 1. The van der Waals surface area contributed by atoms with Crippen LogP contribution in [-0.4, -0.2) is 43.8 Å². The van der Waals surface area contributed by atoms with Crippen LogP contribution in [0, 0.1) is 0 Å². The van der Waals surface area contributed by atoms with Crippen LogP contribution in [0.1, 0.15) is 17.9 Å². The summed E-state index contributed by atoms with van der Waals surface area (Å²) in [6.07, 6.45) is 0.840. The first-order valence-corrected chi connectivity index (χ1v) is 6.80. The predicted octanol–water partition coefficient (Wildman–Crippen LogP) is 0.949. The minimum absolute atomic E-state index is 0.0553. The van der Waals surface area contributed by atoms with E-state index in [4.69, 9.17) is 4.74 Å². The second-order valence-electron chi connectivity index (χ2n) is 4.93. The summed E-state index contributed by atoms with van der Waals surface area (Å²) >= 11 is 0. The average molecular weight is 261 g/mol. The van der Waals surface area contributed by atoms with Gasteiger partial charge in [-0.15, -0.1) is 0 Å². The van der Waals surface area contributed by atoms with E-state index in [9.17, 15) is 4.79 Å². The predicted molar refractivity (Wildman–Crippen MR) is 72.8 cm³/mol. The van der Waals surface area contributed by atoms with E-state index < -0.39 is 0 Å². The molecule has 1 atom stereocenters. The molecule has 1 unspecified atom stereocenters. The lowest BCUT2D eigenvalue weighted by atomic mass is 9.90. The maximum atomic E-state index is 12.4. The highest BCUT2D eigenvalue weighted by Crippen LogP contribution is 2.31. The van der Waals surface area contributed by atoms with E-state index in [0.29, 0.717) is 13.2 Å². The Kier molecular flexibility index (Phi) is 3.66. The zero-order valence-electron chi connectivity index (χ0n) is 10.9. The lowest BCUT2D eigenvalue weighted by Crippen LogP contribution is -2.50. The Morgan fingerprint density at radius 3 is 2.95 bits per heavy atom. The number of benzene rings is 1. The van der Waals surface area contributed by atoms with E-state index >= 15 is 0 Å². The number of hydrogen-bond donors (Lipinski definition) is 2. The van der Waals surface area contributed by atoms with E-state index in [-0.39, 0.29) is 11.8 Å². The summed E-state index contributed by atoms with van der Waals surface area (Å²) in [6.45, 7) is 3.74. The van der Waals surface area contributed by atoms with Crippen molar-refractivity contribution >= 4 is 11.6 Å². The van der Waals surface area contributed by atoms with Crippen molar-refractivity contribution in [1.29, 1.82) is 0 Å². The SMILES string of the molecule is O=C(NN1CCOCC1)C1CCNc2ccccc21. The molecule has 19 heavy (non-hydrogen) atoms. The fraction of sp³-hybridized carbons (Fsp3) is 0.500. The fourth-order valence-corrected chi connectivity index (χ4v) is 2.65. The molecule has 1 saturated heterocycles. The van der Waals surface area contributed by atoms with E-state index in [1.54, 1.807) is 0 Å². The Bertz CT molecular complexity index is 458. The van der Waals surface area contributed by atoms with Crippen LogP contribution < -0.4 is 10.7 Å². The lowest BCUT2D eigenvalue weighted by molar-refractivity contribution is -0.129. The van der Waals surface area contributed by atoms with Gasteiger partial charge in [-0.2, -0.15) is 0 Å². The molecule has 0 aromatic heterocycles. The van der Waals surface area contributed by atoms with Gasteiger partial charge in [0.05, 0.1) is 19.1 Å². The molecule has 0 spiro atoms. The van der Waals surface area contributed by atoms with Crippen LogP contribution in [0.15, 0.2) is 24.3 Å². The molecule has 5 heteroatoms. The van der Waals surface area contributed by atoms with Crippen LogP contribution in [-0.2, 0) is 9.53 Å². The van der Waals surface area contributed by atoms with Gasteiger partial charge in [0.25, 0.3) is 0 Å². The van der Waals surface area contributed by atoms with Crippen LogP contribution in [0.4, 0.5) is 5.69 Å². The number of nitrogens with zero attached hydrogens (tertiary/aromatic N) is 1. The number of carbonyl (C=O) groups is 1. The zero-order chi connectivity index (χ0) is 13.1. The molecular weight excluding hydrogens is 242 g/mol. The third kappa shape index (κ3) is 2.72. The van der Waals surface area contributed by atoms with Crippen LogP contribution in [0.3, 0.4) is 0 Å². The third-order valence-corrected chi connectivity index (χ3v) is 3.68. The van der Waals surface area contributed by atoms with Crippen molar-refractivity contribution in [2.45, 2.75) is 12.3 Å². The van der Waals surface area contributed by atoms with Crippen molar-refractivity contribution < 1.29 is 9.53 Å². The Hall–Kier alpha value is -1.59. The Balaban J connectivity index is 1.70. The van der Waals surface area contributed by atoms with Gasteiger partial charge in [-0.1, -0.05) is 18.2 Å². The number of hydrazine groups is 1. The quantitative estimate of drug-likeness (QED) is 0.832. The highest BCUT2D eigenvalue weighted by Gasteiger charge is 2.27. The normalized spacial score (nSPS) is 23.3. The number of amides is 1. The average Bonchev–Trinajstić information content (AvgIpc) is 2.47. The molecule has 2 aliphatic heterocycles. The van der Waals surface area contributed by atoms with Gasteiger partial charge >= 0.3 is 0 Å². The number of hydrogen-bond acceptors (Lipinski definition) is 4. The summed E-state index contributed by atoms with van der Waals surface area (Å²) in [5.41, 5.74) is 5.19. The topological polar surface area (TPSA) is 53.6 Å². The molecule has 1 fully saturated rings. The standard InChI is InChI=1S/C14H19N3O2/c18-14(16-17-7-9-19-10-8-17)12-5-6-15-13-4-2-1-3-11(12)13/h1-4,12,15H,5-10H2,(H,16,18). The van der Waals surface area contributed by atoms with Crippen LogP contribution in [0.5, 0.6) is 0 Å². The minimum atomic E-state index is -0.0553. The van der Waals surface area contributed by atoms with E-state index in [0.717, 1.165) is 37.3 Å². The first-order chi connectivity index (χ1) is 9.34. The third-order valence-electron chi connectivity index (χ3n) is 3.68. The fourth-order valence-electron chi connectivity index (χ4n) is 2.65. The minimum Gasteiger partial charge on any atom is -0.385 e. The number of nitrogens with one attached hydrogen (secondary N) is 2. The van der Waals surface area contributed by atoms with E-state index in [1.165, 1.54) is 0 Å². The van der Waals surface area contributed by atoms with Crippen molar-refractivity contribution in [3.8, 4) is 0 Å². The van der Waals surface area contributed by atoms with Gasteiger partial charge in [0, 0.05) is 25.3 Å². The number of carbonyl (C=O) groups excluding carboxylic acids is 1. The van der Waals surface area contributed by atoms with Crippen molar-refractivity contribution in [3.05, 3.63) is 29.8 Å². The first kappa shape index (κ1) is 12.4. The van der Waals surface area contributed by atoms with Crippen molar-refractivity contribution in [2.75, 3.05) is 38.2 Å². The number of morpholine rings is 1. The Labute approximate surface area is 112 Å². The second-order valence-corrected chi connectivity index (χ2v) is 4.93. The summed E-state index contributed by atoms with van der Waals surface area (Å²) in [4.78, 5) is 12.4. The maximum Gasteiger partial charge on any atom is 0.241 e. The number of anilines is 1. The molecule has 1 aromatic carbocycles. The van der Waals surface area contributed by atoms with Gasteiger partial charge in [0.15, 0.2) is 0 Å². The Morgan fingerprint density at radius 2 is 2.11 bits per heavy atom. The number of rotatable bonds is 2. The van der Waals surface area contributed by atoms with Crippen molar-refractivity contribution in [1.82, 2.24) is 10.4 Å². The molecule has 0 saturated carbocycles. The molecule has 1 aromatic rings. The molecule has 1 amide bonds. The van der Waals surface area contributed by atoms with Crippen molar-refractivity contribution in [2.24, 2.45) is 0 Å². The van der Waals surface area contributed by atoms with E-state index in [2.05, 4.69) is 10.7 Å². The Morgan fingerprint density at radius 1 is 1.32 bits per heavy atom. The summed E-state index contributed by atoms with van der Waals surface area (Å²) in [5.74, 6) is 0.0381. The van der Waals surface area contributed by atoms with Gasteiger partial charge in [-0.3, -0.25) is 10.2 Å². The molecule has 0 aliphatic carbocycles. The molecule has 2 heterocycles. The molecule has 2 aliphatic rings. The second kappa shape index (κ2) is 5.59. The monoisotopic (exact) mass is 261 g/mol. The maximum absolute atomic E-state index is 12.4. The number of ether oxygens (including phenoxy) is 1. The first-order valence-electron chi connectivity index (χ1n) is 6.80. The molecular formula is C14H19N3O2. The van der Waals surface area contributed by atoms with Crippen molar-refractivity contribution in [3.63, 3.8) is 0 Å². The van der Waals surface area contributed by atoms with Gasteiger partial charge in [-0.25, -0.2) is 5.01 Å². The molecule has 0 radical (unpaired) electrons. The molecule has 5 nitrogen and oxygen atoms in total. The summed E-state index contributed by atoms with van der Waals surface area (Å²) in [6, 6.07) is 8.05. The molecule has 0 bridgehead atoms. The lowest BCUT2D eigenvalue weighted by Gasteiger charge is -2.31. The smallest absolute Gasteiger partial charge is 0.241 e. The van der Waals surface area contributed by atoms with Crippen LogP contribution in [0.2, 0.25) is 0 Å². The van der Waals surface area contributed by atoms with E-state index in [1.807, 2.05) is 29.3 Å². The molecule has 2 N–H and O–H groups in total. The largest absolute Gasteiger partial charge is 0.385 e.